The monoisotopic (exact) mass is 387 g/mol. The molecule has 0 bridgehead atoms. The number of rotatable bonds is 8. The molecule has 2 saturated heterocycles. The number of carbonyl (C=O) groups is 1. The summed E-state index contributed by atoms with van der Waals surface area (Å²) in [5, 5.41) is 0. The van der Waals surface area contributed by atoms with Crippen molar-refractivity contribution in [1.29, 1.82) is 0 Å². The highest BCUT2D eigenvalue weighted by Gasteiger charge is 2.33. The summed E-state index contributed by atoms with van der Waals surface area (Å²) in [7, 11) is 0. The highest BCUT2D eigenvalue weighted by Crippen LogP contribution is 2.21. The lowest BCUT2D eigenvalue weighted by atomic mass is 9.97. The summed E-state index contributed by atoms with van der Waals surface area (Å²) in [5.41, 5.74) is 1.91. The summed E-state index contributed by atoms with van der Waals surface area (Å²) in [6.45, 7) is 17.8. The summed E-state index contributed by atoms with van der Waals surface area (Å²) < 4.78 is 5.66. The van der Waals surface area contributed by atoms with E-state index in [1.807, 2.05) is 29.2 Å². The number of nitrogens with zero attached hydrogens (tertiary/aromatic N) is 3. The zero-order valence-electron chi connectivity index (χ0n) is 18.1. The van der Waals surface area contributed by atoms with Crippen LogP contribution < -0.4 is 0 Å². The van der Waals surface area contributed by atoms with Gasteiger partial charge in [0.25, 0.3) is 5.91 Å². The molecule has 2 aliphatic heterocycles. The SMILES string of the molecule is CC(C)COCc1ccc(C(=O)N2CC(CN3CCN(C(C)C)CC3)C2)cc1. The Hall–Kier alpha value is -1.43. The summed E-state index contributed by atoms with van der Waals surface area (Å²) in [5.74, 6) is 1.33. The summed E-state index contributed by atoms with van der Waals surface area (Å²) in [4.78, 5) is 19.8. The van der Waals surface area contributed by atoms with Gasteiger partial charge >= 0.3 is 0 Å². The van der Waals surface area contributed by atoms with E-state index in [2.05, 4.69) is 37.5 Å². The zero-order chi connectivity index (χ0) is 20.1. The van der Waals surface area contributed by atoms with Crippen LogP contribution in [-0.2, 0) is 11.3 Å². The molecule has 0 atom stereocenters. The Labute approximate surface area is 170 Å². The molecule has 156 valence electrons. The van der Waals surface area contributed by atoms with E-state index in [0.29, 0.717) is 24.5 Å². The van der Waals surface area contributed by atoms with Gasteiger partial charge < -0.3 is 14.5 Å². The first-order chi connectivity index (χ1) is 13.4. The van der Waals surface area contributed by atoms with Crippen molar-refractivity contribution >= 4 is 5.91 Å². The van der Waals surface area contributed by atoms with Crippen molar-refractivity contribution in [3.05, 3.63) is 35.4 Å². The van der Waals surface area contributed by atoms with E-state index in [4.69, 9.17) is 4.74 Å². The van der Waals surface area contributed by atoms with Crippen LogP contribution in [0.2, 0.25) is 0 Å². The predicted molar refractivity (Wildman–Crippen MR) is 113 cm³/mol. The van der Waals surface area contributed by atoms with Gasteiger partial charge in [0.15, 0.2) is 0 Å². The van der Waals surface area contributed by atoms with E-state index < -0.39 is 0 Å². The fraction of sp³-hybridized carbons (Fsp3) is 0.696. The third kappa shape index (κ3) is 5.79. The van der Waals surface area contributed by atoms with Crippen LogP contribution in [0.15, 0.2) is 24.3 Å². The van der Waals surface area contributed by atoms with E-state index in [0.717, 1.165) is 50.5 Å². The maximum absolute atomic E-state index is 12.7. The van der Waals surface area contributed by atoms with Gasteiger partial charge in [0.05, 0.1) is 6.61 Å². The first kappa shape index (κ1) is 21.3. The minimum Gasteiger partial charge on any atom is -0.377 e. The van der Waals surface area contributed by atoms with E-state index in [1.165, 1.54) is 13.1 Å². The van der Waals surface area contributed by atoms with Gasteiger partial charge in [0.2, 0.25) is 0 Å². The number of likely N-dealkylation sites (tertiary alicyclic amines) is 1. The molecular weight excluding hydrogens is 350 g/mol. The van der Waals surface area contributed by atoms with Gasteiger partial charge in [-0.25, -0.2) is 0 Å². The first-order valence-electron chi connectivity index (χ1n) is 10.8. The van der Waals surface area contributed by atoms with Gasteiger partial charge in [-0.1, -0.05) is 26.0 Å². The van der Waals surface area contributed by atoms with Gasteiger partial charge in [-0.05, 0) is 37.5 Å². The minimum atomic E-state index is 0.163. The van der Waals surface area contributed by atoms with E-state index in [9.17, 15) is 4.79 Å². The van der Waals surface area contributed by atoms with Gasteiger partial charge in [0, 0.05) is 69.9 Å². The summed E-state index contributed by atoms with van der Waals surface area (Å²) in [6, 6.07) is 8.55. The predicted octanol–water partition coefficient (Wildman–Crippen LogP) is 2.96. The molecule has 2 heterocycles. The number of benzene rings is 1. The molecule has 1 aromatic rings. The molecule has 3 rings (SSSR count). The molecule has 28 heavy (non-hydrogen) atoms. The molecular formula is C23H37N3O2. The van der Waals surface area contributed by atoms with Crippen LogP contribution >= 0.6 is 0 Å². The van der Waals surface area contributed by atoms with Crippen LogP contribution in [0.1, 0.15) is 43.6 Å². The highest BCUT2D eigenvalue weighted by molar-refractivity contribution is 5.94. The number of carbonyl (C=O) groups excluding carboxylic acids is 1. The molecule has 5 heteroatoms. The molecule has 1 amide bonds. The minimum absolute atomic E-state index is 0.163. The Morgan fingerprint density at radius 2 is 1.68 bits per heavy atom. The van der Waals surface area contributed by atoms with Gasteiger partial charge in [-0.15, -0.1) is 0 Å². The van der Waals surface area contributed by atoms with Crippen LogP contribution in [0, 0.1) is 11.8 Å². The third-order valence-corrected chi connectivity index (χ3v) is 5.82. The second kappa shape index (κ2) is 9.86. The largest absolute Gasteiger partial charge is 0.377 e. The fourth-order valence-electron chi connectivity index (χ4n) is 4.02. The molecule has 0 aliphatic carbocycles. The lowest BCUT2D eigenvalue weighted by Crippen LogP contribution is -2.56. The van der Waals surface area contributed by atoms with E-state index >= 15 is 0 Å². The average Bonchev–Trinajstić information content (AvgIpc) is 2.64. The van der Waals surface area contributed by atoms with Crippen molar-refractivity contribution in [2.75, 3.05) is 52.4 Å². The second-order valence-electron chi connectivity index (χ2n) is 9.11. The first-order valence-corrected chi connectivity index (χ1v) is 10.8. The van der Waals surface area contributed by atoms with Gasteiger partial charge in [-0.2, -0.15) is 0 Å². The van der Waals surface area contributed by atoms with E-state index in [-0.39, 0.29) is 5.91 Å². The number of piperazine rings is 1. The maximum Gasteiger partial charge on any atom is 0.253 e. The van der Waals surface area contributed by atoms with E-state index in [1.54, 1.807) is 0 Å². The Bertz CT molecular complexity index is 615. The maximum atomic E-state index is 12.7. The Kier molecular flexibility index (Phi) is 7.49. The number of ether oxygens (including phenoxy) is 1. The second-order valence-corrected chi connectivity index (χ2v) is 9.11. The quantitative estimate of drug-likeness (QED) is 0.687. The van der Waals surface area contributed by atoms with Crippen LogP contribution in [0.25, 0.3) is 0 Å². The van der Waals surface area contributed by atoms with Crippen LogP contribution in [0.3, 0.4) is 0 Å². The number of amides is 1. The molecule has 0 radical (unpaired) electrons. The molecule has 5 nitrogen and oxygen atoms in total. The zero-order valence-corrected chi connectivity index (χ0v) is 18.1. The van der Waals surface area contributed by atoms with Crippen molar-refractivity contribution in [1.82, 2.24) is 14.7 Å². The Morgan fingerprint density at radius 3 is 2.25 bits per heavy atom. The van der Waals surface area contributed by atoms with Crippen molar-refractivity contribution < 1.29 is 9.53 Å². The lowest BCUT2D eigenvalue weighted by molar-refractivity contribution is 0.0316. The fourth-order valence-corrected chi connectivity index (χ4v) is 4.02. The van der Waals surface area contributed by atoms with Crippen molar-refractivity contribution in [3.63, 3.8) is 0 Å². The van der Waals surface area contributed by atoms with Crippen LogP contribution in [-0.4, -0.2) is 79.1 Å². The smallest absolute Gasteiger partial charge is 0.253 e. The van der Waals surface area contributed by atoms with Gasteiger partial charge in [0.1, 0.15) is 0 Å². The molecule has 1 aromatic carbocycles. The normalized spacial score (nSPS) is 19.4. The molecule has 2 aliphatic rings. The van der Waals surface area contributed by atoms with Gasteiger partial charge in [-0.3, -0.25) is 9.69 Å². The molecule has 2 fully saturated rings. The van der Waals surface area contributed by atoms with Crippen molar-refractivity contribution in [2.24, 2.45) is 11.8 Å². The molecule has 0 aromatic heterocycles. The molecule has 0 unspecified atom stereocenters. The Morgan fingerprint density at radius 1 is 1.04 bits per heavy atom. The lowest BCUT2D eigenvalue weighted by Gasteiger charge is -2.44. The van der Waals surface area contributed by atoms with Crippen LogP contribution in [0.4, 0.5) is 0 Å². The molecule has 0 spiro atoms. The average molecular weight is 388 g/mol. The standard InChI is InChI=1S/C23H37N3O2/c1-18(2)16-28-17-20-5-7-22(8-6-20)23(27)26-14-21(15-26)13-24-9-11-25(12-10-24)19(3)4/h5-8,18-19,21H,9-17H2,1-4H3. The third-order valence-electron chi connectivity index (χ3n) is 5.82. The number of hydrogen-bond donors (Lipinski definition) is 0. The van der Waals surface area contributed by atoms with Crippen molar-refractivity contribution in [3.8, 4) is 0 Å². The molecule has 0 N–H and O–H groups in total. The van der Waals surface area contributed by atoms with Crippen LogP contribution in [0.5, 0.6) is 0 Å². The Balaban J connectivity index is 1.38. The summed E-state index contributed by atoms with van der Waals surface area (Å²) in [6.07, 6.45) is 0. The summed E-state index contributed by atoms with van der Waals surface area (Å²) >= 11 is 0. The van der Waals surface area contributed by atoms with Crippen molar-refractivity contribution in [2.45, 2.75) is 40.3 Å². The molecule has 0 saturated carbocycles. The highest BCUT2D eigenvalue weighted by atomic mass is 16.5. The number of hydrogen-bond acceptors (Lipinski definition) is 4. The topological polar surface area (TPSA) is 36.0 Å².